The Morgan fingerprint density at radius 1 is 1.09 bits per heavy atom. The van der Waals surface area contributed by atoms with Gasteiger partial charge in [-0.25, -0.2) is 13.5 Å². The summed E-state index contributed by atoms with van der Waals surface area (Å²) in [7, 11) is 0. The Kier molecular flexibility index (Phi) is 3.57. The molecule has 3 aromatic rings. The van der Waals surface area contributed by atoms with E-state index in [9.17, 15) is 13.6 Å². The second-order valence-electron chi connectivity index (χ2n) is 4.36. The number of amides is 1. The van der Waals surface area contributed by atoms with Crippen LogP contribution in [0.3, 0.4) is 0 Å². The third kappa shape index (κ3) is 2.66. The third-order valence-corrected chi connectivity index (χ3v) is 2.91. The molecule has 0 atom stereocenters. The highest BCUT2D eigenvalue weighted by Crippen LogP contribution is 2.17. The van der Waals surface area contributed by atoms with Gasteiger partial charge in [-0.05, 0) is 40.8 Å². The van der Waals surface area contributed by atoms with E-state index in [1.165, 1.54) is 17.1 Å². The Hall–Kier alpha value is -3.16. The number of nitrogens with one attached hydrogen (secondary N) is 1. The van der Waals surface area contributed by atoms with Crippen LogP contribution in [0.15, 0.2) is 48.8 Å². The van der Waals surface area contributed by atoms with Crippen LogP contribution >= 0.6 is 0 Å². The molecule has 0 saturated heterocycles. The average Bonchev–Trinajstić information content (AvgIpc) is 3.01. The van der Waals surface area contributed by atoms with Gasteiger partial charge in [0.2, 0.25) is 0 Å². The maximum Gasteiger partial charge on any atom is 0.261 e. The van der Waals surface area contributed by atoms with E-state index < -0.39 is 23.1 Å². The van der Waals surface area contributed by atoms with Gasteiger partial charge in [0.05, 0.1) is 5.69 Å². The van der Waals surface area contributed by atoms with Gasteiger partial charge in [-0.15, -0.1) is 5.10 Å². The lowest BCUT2D eigenvalue weighted by Gasteiger charge is -2.08. The standard InChI is InChI=1S/C14H9F2N5O/c15-11-5-2-6-12(16)13(11)14(22)18-9-3-1-4-10(7-9)21-8-17-19-20-21/h1-8H,(H,18,22). The first-order valence-electron chi connectivity index (χ1n) is 6.24. The minimum Gasteiger partial charge on any atom is -0.322 e. The summed E-state index contributed by atoms with van der Waals surface area (Å²) in [5, 5.41) is 13.2. The van der Waals surface area contributed by atoms with Gasteiger partial charge in [-0.1, -0.05) is 12.1 Å². The van der Waals surface area contributed by atoms with Crippen molar-refractivity contribution in [1.29, 1.82) is 0 Å². The van der Waals surface area contributed by atoms with Crippen LogP contribution < -0.4 is 5.32 Å². The lowest BCUT2D eigenvalue weighted by atomic mass is 10.1. The summed E-state index contributed by atoms with van der Waals surface area (Å²) >= 11 is 0. The molecule has 1 heterocycles. The molecule has 0 spiro atoms. The van der Waals surface area contributed by atoms with Crippen LogP contribution in [0.1, 0.15) is 10.4 Å². The first-order chi connectivity index (χ1) is 10.6. The van der Waals surface area contributed by atoms with Crippen LogP contribution in [0.2, 0.25) is 0 Å². The van der Waals surface area contributed by atoms with Crippen LogP contribution in [-0.4, -0.2) is 26.1 Å². The minimum atomic E-state index is -0.922. The fourth-order valence-corrected chi connectivity index (χ4v) is 1.91. The van der Waals surface area contributed by atoms with Crippen molar-refractivity contribution in [3.8, 4) is 5.69 Å². The molecule has 0 aliphatic rings. The first kappa shape index (κ1) is 13.8. The van der Waals surface area contributed by atoms with Crippen LogP contribution in [0, 0.1) is 11.6 Å². The quantitative estimate of drug-likeness (QED) is 0.805. The molecular formula is C14H9F2N5O. The molecule has 0 aliphatic heterocycles. The van der Waals surface area contributed by atoms with E-state index in [2.05, 4.69) is 20.8 Å². The molecule has 0 bridgehead atoms. The van der Waals surface area contributed by atoms with Crippen LogP contribution in [0.5, 0.6) is 0 Å². The molecule has 0 aliphatic carbocycles. The number of tetrazole rings is 1. The fourth-order valence-electron chi connectivity index (χ4n) is 1.91. The summed E-state index contributed by atoms with van der Waals surface area (Å²) in [6, 6.07) is 9.78. The van der Waals surface area contributed by atoms with E-state index in [1.807, 2.05) is 0 Å². The van der Waals surface area contributed by atoms with Gasteiger partial charge < -0.3 is 5.32 Å². The van der Waals surface area contributed by atoms with Crippen molar-refractivity contribution >= 4 is 11.6 Å². The Bertz CT molecular complexity index is 800. The third-order valence-electron chi connectivity index (χ3n) is 2.91. The van der Waals surface area contributed by atoms with Gasteiger partial charge in [0.1, 0.15) is 23.5 Å². The monoisotopic (exact) mass is 301 g/mol. The molecule has 1 aromatic heterocycles. The number of anilines is 1. The smallest absolute Gasteiger partial charge is 0.261 e. The van der Waals surface area contributed by atoms with Crippen molar-refractivity contribution in [1.82, 2.24) is 20.2 Å². The molecule has 22 heavy (non-hydrogen) atoms. The molecule has 1 amide bonds. The van der Waals surface area contributed by atoms with E-state index >= 15 is 0 Å². The van der Waals surface area contributed by atoms with Gasteiger partial charge in [-0.2, -0.15) is 0 Å². The molecule has 2 aromatic carbocycles. The van der Waals surface area contributed by atoms with Crippen LogP contribution in [0.4, 0.5) is 14.5 Å². The van der Waals surface area contributed by atoms with Crippen molar-refractivity contribution in [2.24, 2.45) is 0 Å². The van der Waals surface area contributed by atoms with E-state index in [0.29, 0.717) is 11.4 Å². The number of carbonyl (C=O) groups excluding carboxylic acids is 1. The minimum absolute atomic E-state index is 0.362. The van der Waals surface area contributed by atoms with Crippen LogP contribution in [0.25, 0.3) is 5.69 Å². The molecule has 0 radical (unpaired) electrons. The second-order valence-corrected chi connectivity index (χ2v) is 4.36. The Morgan fingerprint density at radius 2 is 1.82 bits per heavy atom. The summed E-state index contributed by atoms with van der Waals surface area (Å²) in [5.74, 6) is -2.72. The van der Waals surface area contributed by atoms with Crippen molar-refractivity contribution in [2.75, 3.05) is 5.32 Å². The second kappa shape index (κ2) is 5.68. The summed E-state index contributed by atoms with van der Waals surface area (Å²) in [5.41, 5.74) is 0.327. The topological polar surface area (TPSA) is 72.7 Å². The summed E-state index contributed by atoms with van der Waals surface area (Å²) in [6.45, 7) is 0. The number of benzene rings is 2. The van der Waals surface area contributed by atoms with Crippen molar-refractivity contribution in [3.63, 3.8) is 0 Å². The molecule has 0 fully saturated rings. The van der Waals surface area contributed by atoms with Gasteiger partial charge in [-0.3, -0.25) is 4.79 Å². The van der Waals surface area contributed by atoms with Gasteiger partial charge in [0.25, 0.3) is 5.91 Å². The average molecular weight is 301 g/mol. The predicted molar refractivity (Wildman–Crippen MR) is 73.5 cm³/mol. The summed E-state index contributed by atoms with van der Waals surface area (Å²) in [4.78, 5) is 12.0. The van der Waals surface area contributed by atoms with Crippen LogP contribution in [-0.2, 0) is 0 Å². The number of hydrogen-bond donors (Lipinski definition) is 1. The van der Waals surface area contributed by atoms with Gasteiger partial charge in [0, 0.05) is 5.69 Å². The summed E-state index contributed by atoms with van der Waals surface area (Å²) < 4.78 is 28.5. The molecule has 3 rings (SSSR count). The number of aromatic nitrogens is 4. The highest BCUT2D eigenvalue weighted by atomic mass is 19.1. The highest BCUT2D eigenvalue weighted by molar-refractivity contribution is 6.04. The number of hydrogen-bond acceptors (Lipinski definition) is 4. The molecule has 6 nitrogen and oxygen atoms in total. The Balaban J connectivity index is 1.87. The summed E-state index contributed by atoms with van der Waals surface area (Å²) in [6.07, 6.45) is 1.39. The zero-order valence-electron chi connectivity index (χ0n) is 11.1. The lowest BCUT2D eigenvalue weighted by molar-refractivity contribution is 0.101. The maximum absolute atomic E-state index is 13.6. The predicted octanol–water partition coefficient (Wildman–Crippen LogP) is 2.19. The number of carbonyl (C=O) groups is 1. The first-order valence-corrected chi connectivity index (χ1v) is 6.24. The van der Waals surface area contributed by atoms with E-state index in [1.54, 1.807) is 24.3 Å². The SMILES string of the molecule is O=C(Nc1cccc(-n2cnnn2)c1)c1c(F)cccc1F. The van der Waals surface area contributed by atoms with Gasteiger partial charge >= 0.3 is 0 Å². The molecule has 1 N–H and O–H groups in total. The van der Waals surface area contributed by atoms with Crippen molar-refractivity contribution in [3.05, 3.63) is 66.0 Å². The van der Waals surface area contributed by atoms with E-state index in [0.717, 1.165) is 12.1 Å². The largest absolute Gasteiger partial charge is 0.322 e. The number of nitrogens with zero attached hydrogens (tertiary/aromatic N) is 4. The zero-order valence-corrected chi connectivity index (χ0v) is 11.1. The fraction of sp³-hybridized carbons (Fsp3) is 0. The Labute approximate surface area is 123 Å². The normalized spacial score (nSPS) is 10.5. The van der Waals surface area contributed by atoms with E-state index in [-0.39, 0.29) is 0 Å². The zero-order chi connectivity index (χ0) is 15.5. The maximum atomic E-state index is 13.6. The highest BCUT2D eigenvalue weighted by Gasteiger charge is 2.17. The van der Waals surface area contributed by atoms with Crippen molar-refractivity contribution < 1.29 is 13.6 Å². The Morgan fingerprint density at radius 3 is 2.50 bits per heavy atom. The molecule has 0 saturated carbocycles. The molecular weight excluding hydrogens is 292 g/mol. The molecule has 8 heteroatoms. The van der Waals surface area contributed by atoms with Crippen molar-refractivity contribution in [2.45, 2.75) is 0 Å². The number of halogens is 2. The van der Waals surface area contributed by atoms with Gasteiger partial charge in [0.15, 0.2) is 0 Å². The lowest BCUT2D eigenvalue weighted by Crippen LogP contribution is -2.16. The van der Waals surface area contributed by atoms with E-state index in [4.69, 9.17) is 0 Å². The molecule has 0 unspecified atom stereocenters. The number of rotatable bonds is 3. The molecule has 110 valence electrons.